The van der Waals surface area contributed by atoms with Crippen LogP contribution in [0.2, 0.25) is 0 Å². The van der Waals surface area contributed by atoms with Crippen LogP contribution in [-0.4, -0.2) is 29.4 Å². The first-order valence-corrected chi connectivity index (χ1v) is 12.0. The first-order chi connectivity index (χ1) is 15.6. The second-order valence-electron chi connectivity index (χ2n) is 8.27. The minimum atomic E-state index is -0.484. The van der Waals surface area contributed by atoms with Gasteiger partial charge < -0.3 is 14.2 Å². The van der Waals surface area contributed by atoms with Crippen molar-refractivity contribution >= 4 is 5.97 Å². The summed E-state index contributed by atoms with van der Waals surface area (Å²) in [4.78, 5) is 12.3. The van der Waals surface area contributed by atoms with Crippen molar-refractivity contribution in [1.82, 2.24) is 10.2 Å². The average Bonchev–Trinajstić information content (AvgIpc) is 2.82. The van der Waals surface area contributed by atoms with Crippen LogP contribution in [0.15, 0.2) is 36.4 Å². The normalized spacial score (nSPS) is 11.7. The summed E-state index contributed by atoms with van der Waals surface area (Å²) >= 11 is 0. The maximum atomic E-state index is 12.3. The highest BCUT2D eigenvalue weighted by Gasteiger charge is 2.11. The van der Waals surface area contributed by atoms with Crippen LogP contribution in [-0.2, 0) is 0 Å². The predicted octanol–water partition coefficient (Wildman–Crippen LogP) is 6.64. The Bertz CT molecular complexity index is 762. The molecule has 0 radical (unpaired) electrons. The molecule has 0 bridgehead atoms. The number of carbonyl (C=O) groups is 1. The number of carbonyl (C=O) groups excluding carboxylic acids is 1. The van der Waals surface area contributed by atoms with Crippen LogP contribution in [0.4, 0.5) is 0 Å². The van der Waals surface area contributed by atoms with Gasteiger partial charge in [0, 0.05) is 12.1 Å². The van der Waals surface area contributed by atoms with Crippen molar-refractivity contribution < 1.29 is 19.0 Å². The van der Waals surface area contributed by atoms with E-state index in [1.54, 1.807) is 36.4 Å². The number of rotatable bonds is 16. The fraction of sp³-hybridized carbons (Fsp3) is 0.577. The van der Waals surface area contributed by atoms with E-state index in [4.69, 9.17) is 14.2 Å². The van der Waals surface area contributed by atoms with Crippen LogP contribution in [0.1, 0.15) is 88.9 Å². The number of aromatic nitrogens is 2. The summed E-state index contributed by atoms with van der Waals surface area (Å²) in [7, 11) is 0. The molecule has 32 heavy (non-hydrogen) atoms. The van der Waals surface area contributed by atoms with E-state index in [-0.39, 0.29) is 5.88 Å². The van der Waals surface area contributed by atoms with Crippen LogP contribution in [0.3, 0.4) is 0 Å². The smallest absolute Gasteiger partial charge is 0.344 e. The highest BCUT2D eigenvalue weighted by atomic mass is 16.5. The van der Waals surface area contributed by atoms with E-state index in [2.05, 4.69) is 31.0 Å². The van der Waals surface area contributed by atoms with Crippen molar-refractivity contribution in [3.63, 3.8) is 0 Å². The van der Waals surface area contributed by atoms with E-state index in [1.807, 2.05) is 0 Å². The molecule has 1 heterocycles. The highest BCUT2D eigenvalue weighted by molar-refractivity contribution is 5.90. The van der Waals surface area contributed by atoms with Gasteiger partial charge in [0.1, 0.15) is 5.75 Å². The molecule has 0 N–H and O–H groups in total. The summed E-state index contributed by atoms with van der Waals surface area (Å²) in [5.41, 5.74) is 0.434. The van der Waals surface area contributed by atoms with Crippen LogP contribution < -0.4 is 14.2 Å². The molecule has 0 aliphatic heterocycles. The van der Waals surface area contributed by atoms with Gasteiger partial charge in [0.15, 0.2) is 0 Å². The second-order valence-corrected chi connectivity index (χ2v) is 8.27. The van der Waals surface area contributed by atoms with Gasteiger partial charge in [0.05, 0.1) is 18.8 Å². The molecule has 6 heteroatoms. The lowest BCUT2D eigenvalue weighted by Gasteiger charge is -2.10. The quantitative estimate of drug-likeness (QED) is 0.214. The van der Waals surface area contributed by atoms with E-state index in [0.29, 0.717) is 30.6 Å². The number of unbranched alkanes of at least 4 members (excludes halogenated alkanes) is 7. The van der Waals surface area contributed by atoms with Crippen molar-refractivity contribution in [3.8, 4) is 17.5 Å². The van der Waals surface area contributed by atoms with Crippen LogP contribution in [0.5, 0.6) is 17.5 Å². The molecule has 0 saturated heterocycles. The lowest BCUT2D eigenvalue weighted by molar-refractivity contribution is 0.0725. The summed E-state index contributed by atoms with van der Waals surface area (Å²) in [5, 5.41) is 7.86. The number of ether oxygens (including phenoxy) is 3. The zero-order valence-corrected chi connectivity index (χ0v) is 19.8. The molecule has 1 aromatic heterocycles. The van der Waals surface area contributed by atoms with Crippen LogP contribution in [0.25, 0.3) is 0 Å². The Morgan fingerprint density at radius 3 is 2.06 bits per heavy atom. The third-order valence-corrected chi connectivity index (χ3v) is 5.38. The maximum absolute atomic E-state index is 12.3. The van der Waals surface area contributed by atoms with Gasteiger partial charge in [-0.3, -0.25) is 0 Å². The van der Waals surface area contributed by atoms with E-state index in [0.717, 1.165) is 18.6 Å². The van der Waals surface area contributed by atoms with E-state index < -0.39 is 5.97 Å². The van der Waals surface area contributed by atoms with Gasteiger partial charge in [0.2, 0.25) is 11.8 Å². The SMILES string of the molecule is CCCCCCCCCCOc1ccc(C(=O)Oc2ccc(OCC(C)CC)nn2)cc1. The Hall–Kier alpha value is -2.63. The minimum Gasteiger partial charge on any atom is -0.494 e. The van der Waals surface area contributed by atoms with E-state index in [9.17, 15) is 4.79 Å². The zero-order chi connectivity index (χ0) is 23.0. The molecule has 1 aromatic carbocycles. The minimum absolute atomic E-state index is 0.140. The topological polar surface area (TPSA) is 70.5 Å². The number of esters is 1. The molecular weight excluding hydrogens is 404 g/mol. The molecule has 0 amide bonds. The van der Waals surface area contributed by atoms with E-state index >= 15 is 0 Å². The molecule has 0 fully saturated rings. The summed E-state index contributed by atoms with van der Waals surface area (Å²) in [6, 6.07) is 10.2. The molecule has 2 rings (SSSR count). The lowest BCUT2D eigenvalue weighted by Crippen LogP contribution is -2.11. The first-order valence-electron chi connectivity index (χ1n) is 12.0. The summed E-state index contributed by atoms with van der Waals surface area (Å²) in [6.45, 7) is 7.73. The number of hydrogen-bond acceptors (Lipinski definition) is 6. The molecule has 176 valence electrons. The van der Waals surface area contributed by atoms with Crippen molar-refractivity contribution in [2.24, 2.45) is 5.92 Å². The Morgan fingerprint density at radius 2 is 1.44 bits per heavy atom. The van der Waals surface area contributed by atoms with Gasteiger partial charge in [-0.1, -0.05) is 72.1 Å². The second kappa shape index (κ2) is 15.2. The Balaban J connectivity index is 1.67. The summed E-state index contributed by atoms with van der Waals surface area (Å²) < 4.78 is 16.6. The van der Waals surface area contributed by atoms with Crippen molar-refractivity contribution in [2.75, 3.05) is 13.2 Å². The summed E-state index contributed by atoms with van der Waals surface area (Å²) in [6.07, 6.45) is 11.2. The third kappa shape index (κ3) is 10.1. The number of nitrogens with zero attached hydrogens (tertiary/aromatic N) is 2. The van der Waals surface area contributed by atoms with Crippen LogP contribution in [0, 0.1) is 5.92 Å². The summed E-state index contributed by atoms with van der Waals surface area (Å²) in [5.74, 6) is 1.28. The van der Waals surface area contributed by atoms with Crippen molar-refractivity contribution in [3.05, 3.63) is 42.0 Å². The van der Waals surface area contributed by atoms with E-state index in [1.165, 1.54) is 44.9 Å². The first kappa shape index (κ1) is 25.6. The van der Waals surface area contributed by atoms with Gasteiger partial charge >= 0.3 is 5.97 Å². The fourth-order valence-corrected chi connectivity index (χ4v) is 3.05. The largest absolute Gasteiger partial charge is 0.494 e. The molecule has 2 aromatic rings. The Morgan fingerprint density at radius 1 is 0.812 bits per heavy atom. The van der Waals surface area contributed by atoms with Gasteiger partial charge in [-0.15, -0.1) is 10.2 Å². The molecule has 0 saturated carbocycles. The highest BCUT2D eigenvalue weighted by Crippen LogP contribution is 2.17. The third-order valence-electron chi connectivity index (χ3n) is 5.38. The molecule has 0 spiro atoms. The standard InChI is InChI=1S/C26H38N2O4/c1-4-6-7-8-9-10-11-12-19-30-23-15-13-22(14-16-23)26(29)32-25-18-17-24(27-28-25)31-20-21(3)5-2/h13-18,21H,4-12,19-20H2,1-3H3. The van der Waals surface area contributed by atoms with Crippen LogP contribution >= 0.6 is 0 Å². The molecule has 0 aliphatic carbocycles. The lowest BCUT2D eigenvalue weighted by atomic mass is 10.1. The van der Waals surface area contributed by atoms with Gasteiger partial charge in [-0.2, -0.15) is 0 Å². The number of benzene rings is 1. The molecule has 1 atom stereocenters. The van der Waals surface area contributed by atoms with Crippen molar-refractivity contribution in [2.45, 2.75) is 78.6 Å². The Labute approximate surface area is 192 Å². The van der Waals surface area contributed by atoms with Gasteiger partial charge in [-0.25, -0.2) is 4.79 Å². The monoisotopic (exact) mass is 442 g/mol. The fourth-order valence-electron chi connectivity index (χ4n) is 3.05. The molecular formula is C26H38N2O4. The maximum Gasteiger partial charge on any atom is 0.344 e. The van der Waals surface area contributed by atoms with Gasteiger partial charge in [-0.05, 0) is 36.6 Å². The number of hydrogen-bond donors (Lipinski definition) is 0. The molecule has 1 unspecified atom stereocenters. The molecule has 6 nitrogen and oxygen atoms in total. The van der Waals surface area contributed by atoms with Gasteiger partial charge in [0.25, 0.3) is 0 Å². The Kier molecular flexibility index (Phi) is 12.2. The molecule has 0 aliphatic rings. The van der Waals surface area contributed by atoms with Crippen molar-refractivity contribution in [1.29, 1.82) is 0 Å². The average molecular weight is 443 g/mol. The zero-order valence-electron chi connectivity index (χ0n) is 19.8. The predicted molar refractivity (Wildman–Crippen MR) is 126 cm³/mol.